The van der Waals surface area contributed by atoms with Crippen molar-refractivity contribution in [1.29, 1.82) is 0 Å². The highest BCUT2D eigenvalue weighted by atomic mass is 32.2. The van der Waals surface area contributed by atoms with Gasteiger partial charge in [0.15, 0.2) is 0 Å². The molecule has 1 aromatic heterocycles. The maximum Gasteiger partial charge on any atom is 0.337 e. The molecule has 0 unspecified atom stereocenters. The first-order valence-electron chi connectivity index (χ1n) is 8.64. The summed E-state index contributed by atoms with van der Waals surface area (Å²) in [6, 6.07) is 14.6. The number of amides is 1. The first-order chi connectivity index (χ1) is 13.5. The van der Waals surface area contributed by atoms with Gasteiger partial charge in [0.1, 0.15) is 4.34 Å². The van der Waals surface area contributed by atoms with Gasteiger partial charge in [0.25, 0.3) is 5.91 Å². The third-order valence-corrected chi connectivity index (χ3v) is 6.21. The highest BCUT2D eigenvalue weighted by Crippen LogP contribution is 2.26. The van der Waals surface area contributed by atoms with E-state index in [0.717, 1.165) is 26.9 Å². The van der Waals surface area contributed by atoms with Crippen molar-refractivity contribution in [3.8, 4) is 0 Å². The lowest BCUT2D eigenvalue weighted by molar-refractivity contribution is 0.0600. The van der Waals surface area contributed by atoms with E-state index >= 15 is 0 Å². The average molecular weight is 413 g/mol. The largest absolute Gasteiger partial charge is 0.465 e. The number of aryl methyl sites for hydroxylation is 1. The molecule has 0 saturated heterocycles. The van der Waals surface area contributed by atoms with Crippen molar-refractivity contribution in [2.75, 3.05) is 7.11 Å². The highest BCUT2D eigenvalue weighted by Gasteiger charge is 2.08. The van der Waals surface area contributed by atoms with Gasteiger partial charge in [-0.3, -0.25) is 4.79 Å². The molecule has 144 valence electrons. The molecule has 5 nitrogen and oxygen atoms in total. The first kappa shape index (κ1) is 20.1. The molecular formula is C21H20N2O3S2. The van der Waals surface area contributed by atoms with Crippen LogP contribution < -0.4 is 5.32 Å². The van der Waals surface area contributed by atoms with Crippen LogP contribution in [-0.2, 0) is 17.0 Å². The van der Waals surface area contributed by atoms with E-state index in [9.17, 15) is 9.59 Å². The number of rotatable bonds is 7. The number of nitrogens with zero attached hydrogens (tertiary/aromatic N) is 1. The SMILES string of the molecule is COC(=O)c1ccc(CNC(=O)c2ccc(CSc3nc(C)cs3)cc2)cc1. The number of esters is 1. The summed E-state index contributed by atoms with van der Waals surface area (Å²) in [6.07, 6.45) is 0. The molecule has 1 N–H and O–H groups in total. The zero-order valence-corrected chi connectivity index (χ0v) is 17.2. The number of thiazole rings is 1. The van der Waals surface area contributed by atoms with Crippen molar-refractivity contribution in [1.82, 2.24) is 10.3 Å². The van der Waals surface area contributed by atoms with Gasteiger partial charge >= 0.3 is 5.97 Å². The van der Waals surface area contributed by atoms with Crippen LogP contribution in [0.4, 0.5) is 0 Å². The van der Waals surface area contributed by atoms with E-state index in [1.165, 1.54) is 7.11 Å². The molecule has 0 aliphatic rings. The molecule has 0 fully saturated rings. The Balaban J connectivity index is 1.50. The van der Waals surface area contributed by atoms with Gasteiger partial charge in [0.2, 0.25) is 0 Å². The molecule has 1 heterocycles. The van der Waals surface area contributed by atoms with E-state index in [1.54, 1.807) is 47.4 Å². The molecule has 0 radical (unpaired) electrons. The van der Waals surface area contributed by atoms with Gasteiger partial charge in [0, 0.05) is 28.9 Å². The molecule has 1 amide bonds. The zero-order chi connectivity index (χ0) is 19.9. The van der Waals surface area contributed by atoms with Crippen molar-refractivity contribution in [2.45, 2.75) is 23.6 Å². The second-order valence-corrected chi connectivity index (χ2v) is 8.19. The van der Waals surface area contributed by atoms with E-state index in [0.29, 0.717) is 17.7 Å². The first-order valence-corrected chi connectivity index (χ1v) is 10.5. The van der Waals surface area contributed by atoms with Crippen LogP contribution >= 0.6 is 23.1 Å². The number of nitrogens with one attached hydrogen (secondary N) is 1. The topological polar surface area (TPSA) is 68.3 Å². The molecule has 0 saturated carbocycles. The Morgan fingerprint density at radius 2 is 1.68 bits per heavy atom. The molecule has 7 heteroatoms. The summed E-state index contributed by atoms with van der Waals surface area (Å²) < 4.78 is 5.73. The second kappa shape index (κ2) is 9.52. The number of hydrogen-bond acceptors (Lipinski definition) is 6. The number of carbonyl (C=O) groups is 2. The standard InChI is InChI=1S/C21H20N2O3S2/c1-14-12-27-21(23-14)28-13-16-5-7-17(8-6-16)19(24)22-11-15-3-9-18(10-4-15)20(25)26-2/h3-10,12H,11,13H2,1-2H3,(H,22,24). The van der Waals surface area contributed by atoms with Crippen LogP contribution in [0.3, 0.4) is 0 Å². The molecule has 0 spiro atoms. The molecule has 3 rings (SSSR count). The average Bonchev–Trinajstić information content (AvgIpc) is 3.16. The summed E-state index contributed by atoms with van der Waals surface area (Å²) in [5.74, 6) is 0.312. The van der Waals surface area contributed by atoms with Crippen LogP contribution in [0, 0.1) is 6.92 Å². The van der Waals surface area contributed by atoms with Gasteiger partial charge in [0.05, 0.1) is 12.7 Å². The van der Waals surface area contributed by atoms with Crippen LogP contribution in [0.25, 0.3) is 0 Å². The summed E-state index contributed by atoms with van der Waals surface area (Å²) in [5, 5.41) is 4.93. The number of hydrogen-bond donors (Lipinski definition) is 1. The van der Waals surface area contributed by atoms with Crippen molar-refractivity contribution in [3.63, 3.8) is 0 Å². The predicted molar refractivity (Wildman–Crippen MR) is 112 cm³/mol. The summed E-state index contributed by atoms with van der Waals surface area (Å²) in [6.45, 7) is 2.38. The third-order valence-electron chi connectivity index (χ3n) is 4.00. The quantitative estimate of drug-likeness (QED) is 0.458. The Morgan fingerprint density at radius 3 is 2.29 bits per heavy atom. The van der Waals surface area contributed by atoms with Gasteiger partial charge in [-0.25, -0.2) is 9.78 Å². The highest BCUT2D eigenvalue weighted by molar-refractivity contribution is 8.00. The summed E-state index contributed by atoms with van der Waals surface area (Å²) in [4.78, 5) is 28.2. The molecule has 2 aromatic carbocycles. The zero-order valence-electron chi connectivity index (χ0n) is 15.6. The van der Waals surface area contributed by atoms with Crippen LogP contribution in [0.15, 0.2) is 58.3 Å². The van der Waals surface area contributed by atoms with Gasteiger partial charge in [-0.15, -0.1) is 11.3 Å². The summed E-state index contributed by atoms with van der Waals surface area (Å²) in [7, 11) is 1.35. The van der Waals surface area contributed by atoms with Crippen LogP contribution in [0.5, 0.6) is 0 Å². The van der Waals surface area contributed by atoms with Gasteiger partial charge in [-0.2, -0.15) is 0 Å². The fourth-order valence-electron chi connectivity index (χ4n) is 2.46. The van der Waals surface area contributed by atoms with Crippen molar-refractivity contribution in [2.24, 2.45) is 0 Å². The summed E-state index contributed by atoms with van der Waals surface area (Å²) in [5.41, 5.74) is 4.20. The number of benzene rings is 2. The third kappa shape index (κ3) is 5.43. The van der Waals surface area contributed by atoms with Gasteiger partial charge in [-0.05, 0) is 42.3 Å². The number of methoxy groups -OCH3 is 1. The molecule has 0 aliphatic heterocycles. The van der Waals surface area contributed by atoms with Gasteiger partial charge in [-0.1, -0.05) is 36.0 Å². The minimum atomic E-state index is -0.376. The number of thioether (sulfide) groups is 1. The molecule has 28 heavy (non-hydrogen) atoms. The Kier molecular flexibility index (Phi) is 6.84. The Morgan fingerprint density at radius 1 is 1.04 bits per heavy atom. The van der Waals surface area contributed by atoms with Crippen molar-refractivity contribution >= 4 is 35.0 Å². The Hall–Kier alpha value is -2.64. The lowest BCUT2D eigenvalue weighted by Gasteiger charge is -2.07. The Labute approximate surface area is 172 Å². The van der Waals surface area contributed by atoms with Crippen molar-refractivity contribution < 1.29 is 14.3 Å². The smallest absolute Gasteiger partial charge is 0.337 e. The molecule has 0 aliphatic carbocycles. The predicted octanol–water partition coefficient (Wildman–Crippen LogP) is 4.46. The van der Waals surface area contributed by atoms with E-state index < -0.39 is 0 Å². The number of carbonyl (C=O) groups excluding carboxylic acids is 2. The number of aromatic nitrogens is 1. The van der Waals surface area contributed by atoms with Crippen LogP contribution in [0.2, 0.25) is 0 Å². The fourth-order valence-corrected chi connectivity index (χ4v) is 4.26. The maximum atomic E-state index is 12.3. The maximum absolute atomic E-state index is 12.3. The monoisotopic (exact) mass is 412 g/mol. The van der Waals surface area contributed by atoms with E-state index in [2.05, 4.69) is 15.0 Å². The van der Waals surface area contributed by atoms with E-state index in [1.807, 2.05) is 36.6 Å². The summed E-state index contributed by atoms with van der Waals surface area (Å²) >= 11 is 3.34. The van der Waals surface area contributed by atoms with Gasteiger partial charge < -0.3 is 10.1 Å². The lowest BCUT2D eigenvalue weighted by Crippen LogP contribution is -2.22. The lowest BCUT2D eigenvalue weighted by atomic mass is 10.1. The minimum absolute atomic E-state index is 0.133. The molecule has 0 atom stereocenters. The van der Waals surface area contributed by atoms with Crippen molar-refractivity contribution in [3.05, 3.63) is 81.9 Å². The van der Waals surface area contributed by atoms with Crippen LogP contribution in [0.1, 0.15) is 37.5 Å². The van der Waals surface area contributed by atoms with E-state index in [-0.39, 0.29) is 11.9 Å². The van der Waals surface area contributed by atoms with E-state index in [4.69, 9.17) is 0 Å². The molecule has 0 bridgehead atoms. The van der Waals surface area contributed by atoms with Crippen LogP contribution in [-0.4, -0.2) is 24.0 Å². The normalized spacial score (nSPS) is 10.5. The molecule has 3 aromatic rings. The fraction of sp³-hybridized carbons (Fsp3) is 0.190. The minimum Gasteiger partial charge on any atom is -0.465 e. The number of ether oxygens (including phenoxy) is 1. The molecular weight excluding hydrogens is 392 g/mol. The second-order valence-electron chi connectivity index (χ2n) is 6.11. The Bertz CT molecular complexity index is 951.